The van der Waals surface area contributed by atoms with E-state index in [1.165, 1.54) is 0 Å². The summed E-state index contributed by atoms with van der Waals surface area (Å²) in [5.41, 5.74) is 2.77. The number of rotatable bonds is 6. The number of carbonyl (C=O) groups is 1. The van der Waals surface area contributed by atoms with E-state index in [0.29, 0.717) is 42.2 Å². The largest absolute Gasteiger partial charge is 0.357 e. The molecule has 1 amide bonds. The number of amides is 1. The second-order valence-electron chi connectivity index (χ2n) is 7.13. The van der Waals surface area contributed by atoms with Crippen LogP contribution in [-0.4, -0.2) is 35.1 Å². The van der Waals surface area contributed by atoms with Crippen molar-refractivity contribution in [3.8, 4) is 11.4 Å². The molecule has 160 valence electrons. The van der Waals surface area contributed by atoms with Crippen LogP contribution < -0.4 is 16.0 Å². The lowest BCUT2D eigenvalue weighted by Gasteiger charge is -2.26. The fraction of sp³-hybridized carbons (Fsp3) is 0.273. The fourth-order valence-electron chi connectivity index (χ4n) is 3.46. The Kier molecular flexibility index (Phi) is 6.47. The molecule has 31 heavy (non-hydrogen) atoms. The zero-order valence-corrected chi connectivity index (χ0v) is 17.8. The van der Waals surface area contributed by atoms with Gasteiger partial charge < -0.3 is 20.5 Å². The molecule has 2 aromatic carbocycles. The molecule has 0 spiro atoms. The van der Waals surface area contributed by atoms with Crippen LogP contribution in [0.15, 0.2) is 58.0 Å². The summed E-state index contributed by atoms with van der Waals surface area (Å²) in [6, 6.07) is 15.1. The number of aromatic nitrogens is 2. The number of halogens is 1. The minimum Gasteiger partial charge on any atom is -0.357 e. The van der Waals surface area contributed by atoms with Gasteiger partial charge >= 0.3 is 0 Å². The van der Waals surface area contributed by atoms with E-state index in [0.717, 1.165) is 16.8 Å². The van der Waals surface area contributed by atoms with Gasteiger partial charge in [-0.15, -0.1) is 0 Å². The van der Waals surface area contributed by atoms with E-state index in [4.69, 9.17) is 16.1 Å². The van der Waals surface area contributed by atoms with Crippen molar-refractivity contribution < 1.29 is 9.32 Å². The molecule has 9 heteroatoms. The number of aliphatic imine (C=N–C) groups is 1. The van der Waals surface area contributed by atoms with Gasteiger partial charge in [-0.2, -0.15) is 4.98 Å². The van der Waals surface area contributed by atoms with Crippen molar-refractivity contribution in [1.82, 2.24) is 20.8 Å². The van der Waals surface area contributed by atoms with Gasteiger partial charge in [-0.05, 0) is 30.7 Å². The first kappa shape index (κ1) is 20.9. The molecule has 3 N–H and O–H groups in total. The molecule has 3 aromatic rings. The molecule has 1 aliphatic rings. The van der Waals surface area contributed by atoms with Crippen LogP contribution in [0.25, 0.3) is 11.4 Å². The Labute approximate surface area is 185 Å². The highest BCUT2D eigenvalue weighted by Crippen LogP contribution is 2.31. The monoisotopic (exact) mass is 438 g/mol. The van der Waals surface area contributed by atoms with E-state index in [-0.39, 0.29) is 18.4 Å². The van der Waals surface area contributed by atoms with Gasteiger partial charge in [0.05, 0.1) is 0 Å². The lowest BCUT2D eigenvalue weighted by molar-refractivity contribution is -0.116. The Hall–Kier alpha value is -3.39. The van der Waals surface area contributed by atoms with Gasteiger partial charge in [-0.25, -0.2) is 4.99 Å². The minimum absolute atomic E-state index is 0.0202. The van der Waals surface area contributed by atoms with Crippen molar-refractivity contribution in [3.05, 3.63) is 65.0 Å². The average molecular weight is 439 g/mol. The Morgan fingerprint density at radius 2 is 2.13 bits per heavy atom. The maximum absolute atomic E-state index is 12.0. The molecule has 1 aliphatic heterocycles. The number of nitrogens with one attached hydrogen (secondary N) is 3. The molecule has 4 rings (SSSR count). The molecule has 0 aliphatic carbocycles. The number of anilines is 1. The summed E-state index contributed by atoms with van der Waals surface area (Å²) in [7, 11) is 0. The van der Waals surface area contributed by atoms with Gasteiger partial charge in [-0.1, -0.05) is 47.1 Å². The van der Waals surface area contributed by atoms with Gasteiger partial charge in [0, 0.05) is 41.7 Å². The quantitative estimate of drug-likeness (QED) is 0.401. The summed E-state index contributed by atoms with van der Waals surface area (Å²) < 4.78 is 5.32. The second kappa shape index (κ2) is 9.61. The molecule has 2 heterocycles. The molecule has 0 saturated heterocycles. The Morgan fingerprint density at radius 1 is 1.26 bits per heavy atom. The first-order valence-electron chi connectivity index (χ1n) is 10.1. The van der Waals surface area contributed by atoms with Crippen LogP contribution >= 0.6 is 11.6 Å². The second-order valence-corrected chi connectivity index (χ2v) is 7.57. The number of fused-ring (bicyclic) bond motifs is 1. The van der Waals surface area contributed by atoms with Crippen LogP contribution in [0.1, 0.15) is 30.7 Å². The molecule has 0 saturated carbocycles. The number of benzene rings is 2. The van der Waals surface area contributed by atoms with Crippen LogP contribution in [-0.2, 0) is 11.3 Å². The van der Waals surface area contributed by atoms with E-state index in [1.54, 1.807) is 12.1 Å². The number of hydrogen-bond acceptors (Lipinski definition) is 5. The number of guanidine groups is 1. The number of carbonyl (C=O) groups excluding carboxylic acids is 1. The van der Waals surface area contributed by atoms with Crippen molar-refractivity contribution >= 4 is 29.2 Å². The third-order valence-corrected chi connectivity index (χ3v) is 5.13. The number of nitrogens with zero attached hydrogens (tertiary/aromatic N) is 3. The summed E-state index contributed by atoms with van der Waals surface area (Å²) in [4.78, 5) is 21.0. The zero-order valence-electron chi connectivity index (χ0n) is 17.1. The van der Waals surface area contributed by atoms with Crippen molar-refractivity contribution in [3.63, 3.8) is 0 Å². The van der Waals surface area contributed by atoms with Crippen LogP contribution in [0.3, 0.4) is 0 Å². The van der Waals surface area contributed by atoms with Gasteiger partial charge in [-0.3, -0.25) is 4.79 Å². The summed E-state index contributed by atoms with van der Waals surface area (Å²) in [5.74, 6) is 1.57. The predicted octanol–water partition coefficient (Wildman–Crippen LogP) is 3.57. The normalized spacial score (nSPS) is 15.9. The number of para-hydroxylation sites is 1. The van der Waals surface area contributed by atoms with E-state index in [9.17, 15) is 4.79 Å². The Balaban J connectivity index is 1.42. The van der Waals surface area contributed by atoms with E-state index in [1.807, 2.05) is 43.3 Å². The van der Waals surface area contributed by atoms with Gasteiger partial charge in [0.1, 0.15) is 6.54 Å². The average Bonchev–Trinajstić information content (AvgIpc) is 3.24. The Bertz CT molecular complexity index is 1100. The summed E-state index contributed by atoms with van der Waals surface area (Å²) in [5, 5.41) is 14.1. The third kappa shape index (κ3) is 5.21. The van der Waals surface area contributed by atoms with Crippen molar-refractivity contribution in [2.24, 2.45) is 4.99 Å². The number of hydrogen-bond donors (Lipinski definition) is 3. The smallest absolute Gasteiger partial charge is 0.248 e. The molecule has 0 bridgehead atoms. The molecule has 1 unspecified atom stereocenters. The van der Waals surface area contributed by atoms with Gasteiger partial charge in [0.25, 0.3) is 0 Å². The summed E-state index contributed by atoms with van der Waals surface area (Å²) in [6.07, 6.45) is 0.427. The van der Waals surface area contributed by atoms with E-state index < -0.39 is 0 Å². The lowest BCUT2D eigenvalue weighted by atomic mass is 9.90. The highest BCUT2D eigenvalue weighted by Gasteiger charge is 2.24. The minimum atomic E-state index is 0.0202. The standard InChI is InChI=1S/C22H23ClN6O2/c1-2-24-22(25-12-15-11-19(30)27-18-9-4-3-8-17(15)18)26-13-20-28-21(29-31-20)14-6-5-7-16(23)10-14/h3-10,15H,2,11-13H2,1H3,(H,27,30)(H2,24,25,26). The molecular formula is C22H23ClN6O2. The maximum atomic E-state index is 12.0. The molecular weight excluding hydrogens is 416 g/mol. The SMILES string of the molecule is CCNC(=NCc1nc(-c2cccc(Cl)c2)no1)NCC1CC(=O)Nc2ccccc21. The first-order valence-corrected chi connectivity index (χ1v) is 10.5. The third-order valence-electron chi connectivity index (χ3n) is 4.89. The lowest BCUT2D eigenvalue weighted by Crippen LogP contribution is -2.40. The topological polar surface area (TPSA) is 104 Å². The fourth-order valence-corrected chi connectivity index (χ4v) is 3.65. The molecule has 1 aromatic heterocycles. The van der Waals surface area contributed by atoms with Gasteiger partial charge in [0.2, 0.25) is 17.6 Å². The molecule has 0 radical (unpaired) electrons. The van der Waals surface area contributed by atoms with E-state index in [2.05, 4.69) is 31.1 Å². The molecule has 1 atom stereocenters. The summed E-state index contributed by atoms with van der Waals surface area (Å²) in [6.45, 7) is 3.49. The van der Waals surface area contributed by atoms with Crippen molar-refractivity contribution in [1.29, 1.82) is 0 Å². The zero-order chi connectivity index (χ0) is 21.6. The van der Waals surface area contributed by atoms with Crippen LogP contribution in [0, 0.1) is 0 Å². The Morgan fingerprint density at radius 3 is 2.97 bits per heavy atom. The van der Waals surface area contributed by atoms with E-state index >= 15 is 0 Å². The van der Waals surface area contributed by atoms with Crippen LogP contribution in [0.4, 0.5) is 5.69 Å². The summed E-state index contributed by atoms with van der Waals surface area (Å²) >= 11 is 6.03. The van der Waals surface area contributed by atoms with Crippen LogP contribution in [0.2, 0.25) is 5.02 Å². The molecule has 0 fully saturated rings. The van der Waals surface area contributed by atoms with Gasteiger partial charge in [0.15, 0.2) is 5.96 Å². The highest BCUT2D eigenvalue weighted by molar-refractivity contribution is 6.30. The van der Waals surface area contributed by atoms with Crippen LogP contribution in [0.5, 0.6) is 0 Å². The first-order chi connectivity index (χ1) is 15.1. The van der Waals surface area contributed by atoms with Crippen molar-refractivity contribution in [2.75, 3.05) is 18.4 Å². The maximum Gasteiger partial charge on any atom is 0.248 e. The van der Waals surface area contributed by atoms with Crippen molar-refractivity contribution in [2.45, 2.75) is 25.8 Å². The highest BCUT2D eigenvalue weighted by atomic mass is 35.5. The molecule has 8 nitrogen and oxygen atoms in total. The predicted molar refractivity (Wildman–Crippen MR) is 120 cm³/mol.